The van der Waals surface area contributed by atoms with Crippen LogP contribution in [0.3, 0.4) is 0 Å². The number of aryl methyl sites for hydroxylation is 2. The fourth-order valence-corrected chi connectivity index (χ4v) is 2.76. The van der Waals surface area contributed by atoms with Crippen LogP contribution < -0.4 is 10.9 Å². The highest BCUT2D eigenvalue weighted by atomic mass is 16.2. The zero-order valence-electron chi connectivity index (χ0n) is 13.9. The molecule has 1 N–H and O–H groups in total. The Kier molecular flexibility index (Phi) is 4.16. The summed E-state index contributed by atoms with van der Waals surface area (Å²) in [5, 5.41) is 2.89. The van der Waals surface area contributed by atoms with Gasteiger partial charge in [0, 0.05) is 12.4 Å². The van der Waals surface area contributed by atoms with Crippen LogP contribution in [0.15, 0.2) is 53.6 Å². The molecule has 0 aliphatic rings. The average Bonchev–Trinajstić information content (AvgIpc) is 2.57. The normalized spacial score (nSPS) is 12.1. The quantitative estimate of drug-likeness (QED) is 0.807. The van der Waals surface area contributed by atoms with E-state index in [1.54, 1.807) is 24.4 Å². The molecule has 0 radical (unpaired) electrons. The molecule has 5 heteroatoms. The summed E-state index contributed by atoms with van der Waals surface area (Å²) < 4.78 is 1.37. The van der Waals surface area contributed by atoms with Crippen LogP contribution in [0.2, 0.25) is 0 Å². The van der Waals surface area contributed by atoms with Crippen molar-refractivity contribution in [1.29, 1.82) is 0 Å². The van der Waals surface area contributed by atoms with Crippen molar-refractivity contribution >= 4 is 11.6 Å². The van der Waals surface area contributed by atoms with Crippen LogP contribution in [0.1, 0.15) is 40.0 Å². The van der Waals surface area contributed by atoms with Crippen molar-refractivity contribution in [2.24, 2.45) is 0 Å². The van der Waals surface area contributed by atoms with E-state index in [9.17, 15) is 9.59 Å². The number of hydrogen-bond donors (Lipinski definition) is 1. The van der Waals surface area contributed by atoms with Crippen molar-refractivity contribution in [3.8, 4) is 0 Å². The SMILES string of the molecule is Cc1ccc(C)c(C(C)NC(=O)c2cnc3ccccn3c2=O)c1. The first-order valence-electron chi connectivity index (χ1n) is 7.82. The number of fused-ring (bicyclic) bond motifs is 1. The third-order valence-corrected chi connectivity index (χ3v) is 4.11. The van der Waals surface area contributed by atoms with E-state index in [1.807, 2.05) is 39.0 Å². The molecule has 5 nitrogen and oxygen atoms in total. The zero-order chi connectivity index (χ0) is 17.3. The van der Waals surface area contributed by atoms with Crippen LogP contribution in [0, 0.1) is 13.8 Å². The number of rotatable bonds is 3. The van der Waals surface area contributed by atoms with Crippen LogP contribution in [-0.4, -0.2) is 15.3 Å². The van der Waals surface area contributed by atoms with Gasteiger partial charge in [-0.1, -0.05) is 29.8 Å². The minimum atomic E-state index is -0.417. The second kappa shape index (κ2) is 6.28. The Balaban J connectivity index is 1.91. The van der Waals surface area contributed by atoms with Gasteiger partial charge in [0.25, 0.3) is 11.5 Å². The van der Waals surface area contributed by atoms with Crippen molar-refractivity contribution in [3.05, 3.63) is 81.4 Å². The minimum Gasteiger partial charge on any atom is -0.345 e. The van der Waals surface area contributed by atoms with Crippen molar-refractivity contribution in [3.63, 3.8) is 0 Å². The minimum absolute atomic E-state index is 0.0378. The lowest BCUT2D eigenvalue weighted by Crippen LogP contribution is -2.33. The van der Waals surface area contributed by atoms with E-state index in [-0.39, 0.29) is 17.2 Å². The lowest BCUT2D eigenvalue weighted by atomic mass is 10.00. The van der Waals surface area contributed by atoms with E-state index in [4.69, 9.17) is 0 Å². The average molecular weight is 321 g/mol. The summed E-state index contributed by atoms with van der Waals surface area (Å²) in [6, 6.07) is 11.2. The number of carbonyl (C=O) groups excluding carboxylic acids is 1. The second-order valence-corrected chi connectivity index (χ2v) is 5.96. The Morgan fingerprint density at radius 2 is 2.00 bits per heavy atom. The lowest BCUT2D eigenvalue weighted by molar-refractivity contribution is 0.0937. The Hall–Kier alpha value is -2.95. The van der Waals surface area contributed by atoms with Crippen LogP contribution in [0.4, 0.5) is 0 Å². The monoisotopic (exact) mass is 321 g/mol. The predicted octanol–water partition coefficient (Wildman–Crippen LogP) is 2.80. The second-order valence-electron chi connectivity index (χ2n) is 5.96. The van der Waals surface area contributed by atoms with Crippen LogP contribution in [0.5, 0.6) is 0 Å². The predicted molar refractivity (Wildman–Crippen MR) is 93.3 cm³/mol. The largest absolute Gasteiger partial charge is 0.345 e. The number of nitrogens with zero attached hydrogens (tertiary/aromatic N) is 2. The topological polar surface area (TPSA) is 63.5 Å². The van der Waals surface area contributed by atoms with Gasteiger partial charge in [0.15, 0.2) is 0 Å². The van der Waals surface area contributed by atoms with Gasteiger partial charge in [0.1, 0.15) is 11.2 Å². The summed E-state index contributed by atoms with van der Waals surface area (Å²) in [5.41, 5.74) is 3.45. The highest BCUT2D eigenvalue weighted by molar-refractivity contribution is 5.94. The number of benzene rings is 1. The van der Waals surface area contributed by atoms with Gasteiger partial charge in [-0.25, -0.2) is 4.98 Å². The molecule has 0 saturated carbocycles. The molecule has 122 valence electrons. The van der Waals surface area contributed by atoms with Crippen LogP contribution >= 0.6 is 0 Å². The molecule has 2 aromatic heterocycles. The number of amides is 1. The molecule has 24 heavy (non-hydrogen) atoms. The molecule has 0 aliphatic carbocycles. The molecule has 3 rings (SSSR count). The molecular formula is C19H19N3O2. The number of carbonyl (C=O) groups is 1. The molecule has 0 spiro atoms. The number of aromatic nitrogens is 2. The molecular weight excluding hydrogens is 302 g/mol. The highest BCUT2D eigenvalue weighted by Gasteiger charge is 2.17. The van der Waals surface area contributed by atoms with Gasteiger partial charge in [-0.15, -0.1) is 0 Å². The van der Waals surface area contributed by atoms with Gasteiger partial charge in [-0.3, -0.25) is 14.0 Å². The number of hydrogen-bond acceptors (Lipinski definition) is 3. The maximum absolute atomic E-state index is 12.5. The summed E-state index contributed by atoms with van der Waals surface area (Å²) >= 11 is 0. The van der Waals surface area contributed by atoms with E-state index >= 15 is 0 Å². The maximum Gasteiger partial charge on any atom is 0.270 e. The molecule has 0 fully saturated rings. The van der Waals surface area contributed by atoms with Crippen LogP contribution in [0.25, 0.3) is 5.65 Å². The van der Waals surface area contributed by atoms with Gasteiger partial charge in [0.05, 0.1) is 6.04 Å². The lowest BCUT2D eigenvalue weighted by Gasteiger charge is -2.17. The van der Waals surface area contributed by atoms with Crippen molar-refractivity contribution in [2.75, 3.05) is 0 Å². The number of nitrogens with one attached hydrogen (secondary N) is 1. The Bertz CT molecular complexity index is 976. The molecule has 3 aromatic rings. The molecule has 1 atom stereocenters. The zero-order valence-corrected chi connectivity index (χ0v) is 13.9. The Morgan fingerprint density at radius 3 is 2.79 bits per heavy atom. The summed E-state index contributed by atoms with van der Waals surface area (Å²) in [6.45, 7) is 5.92. The van der Waals surface area contributed by atoms with Gasteiger partial charge >= 0.3 is 0 Å². The summed E-state index contributed by atoms with van der Waals surface area (Å²) in [5.74, 6) is -0.417. The van der Waals surface area contributed by atoms with E-state index in [1.165, 1.54) is 10.6 Å². The van der Waals surface area contributed by atoms with E-state index in [2.05, 4.69) is 10.3 Å². The van der Waals surface area contributed by atoms with Crippen molar-refractivity contribution in [2.45, 2.75) is 26.8 Å². The van der Waals surface area contributed by atoms with Crippen molar-refractivity contribution < 1.29 is 4.79 Å². The first-order valence-corrected chi connectivity index (χ1v) is 7.82. The van der Waals surface area contributed by atoms with E-state index in [0.717, 1.165) is 16.7 Å². The molecule has 0 bridgehead atoms. The third kappa shape index (κ3) is 2.93. The summed E-state index contributed by atoms with van der Waals surface area (Å²) in [7, 11) is 0. The maximum atomic E-state index is 12.5. The fraction of sp³-hybridized carbons (Fsp3) is 0.211. The Morgan fingerprint density at radius 1 is 1.21 bits per heavy atom. The fourth-order valence-electron chi connectivity index (χ4n) is 2.76. The molecule has 1 aromatic carbocycles. The standard InChI is InChI=1S/C19H19N3O2/c1-12-7-8-13(2)15(10-12)14(3)21-18(23)16-11-20-17-6-4-5-9-22(17)19(16)24/h4-11,14H,1-3H3,(H,21,23). The van der Waals surface area contributed by atoms with Gasteiger partial charge in [-0.2, -0.15) is 0 Å². The molecule has 0 aliphatic heterocycles. The molecule has 1 unspecified atom stereocenters. The van der Waals surface area contributed by atoms with Gasteiger partial charge in [0.2, 0.25) is 0 Å². The Labute approximate surface area is 140 Å². The smallest absolute Gasteiger partial charge is 0.270 e. The van der Waals surface area contributed by atoms with Gasteiger partial charge in [-0.05, 0) is 44.0 Å². The van der Waals surface area contributed by atoms with E-state index < -0.39 is 5.91 Å². The molecule has 2 heterocycles. The van der Waals surface area contributed by atoms with E-state index in [0.29, 0.717) is 5.65 Å². The third-order valence-electron chi connectivity index (χ3n) is 4.11. The van der Waals surface area contributed by atoms with Gasteiger partial charge < -0.3 is 5.32 Å². The van der Waals surface area contributed by atoms with Crippen molar-refractivity contribution in [1.82, 2.24) is 14.7 Å². The first-order chi connectivity index (χ1) is 11.5. The summed E-state index contributed by atoms with van der Waals surface area (Å²) in [6.07, 6.45) is 2.94. The summed E-state index contributed by atoms with van der Waals surface area (Å²) in [4.78, 5) is 29.2. The number of pyridine rings is 1. The first kappa shape index (κ1) is 15.9. The highest BCUT2D eigenvalue weighted by Crippen LogP contribution is 2.19. The molecule has 0 saturated heterocycles. The van der Waals surface area contributed by atoms with Crippen LogP contribution in [-0.2, 0) is 0 Å². The molecule has 1 amide bonds.